The third-order valence-corrected chi connectivity index (χ3v) is 2.00. The fourth-order valence-corrected chi connectivity index (χ4v) is 1.35. The molecule has 1 N–H and O–H groups in total. The molecule has 6 nitrogen and oxygen atoms in total. The van der Waals surface area contributed by atoms with E-state index < -0.39 is 16.3 Å². The van der Waals surface area contributed by atoms with Crippen LogP contribution in [0.4, 0.5) is 5.69 Å². The van der Waals surface area contributed by atoms with E-state index in [1.807, 2.05) is 13.8 Å². The molecule has 0 amide bonds. The van der Waals surface area contributed by atoms with Gasteiger partial charge in [0.05, 0.1) is 4.92 Å². The van der Waals surface area contributed by atoms with Crippen LogP contribution in [-0.4, -0.2) is 13.7 Å². The zero-order valence-electron chi connectivity index (χ0n) is 8.55. The summed E-state index contributed by atoms with van der Waals surface area (Å²) in [7, 11) is 0. The van der Waals surface area contributed by atoms with Gasteiger partial charge < -0.3 is 4.18 Å². The summed E-state index contributed by atoms with van der Waals surface area (Å²) in [4.78, 5) is 9.67. The highest BCUT2D eigenvalue weighted by Crippen LogP contribution is 2.33. The van der Waals surface area contributed by atoms with E-state index in [1.54, 1.807) is 0 Å². The summed E-state index contributed by atoms with van der Waals surface area (Å²) in [5, 5.41) is 10.1. The Morgan fingerprint density at radius 1 is 1.50 bits per heavy atom. The van der Waals surface area contributed by atoms with Gasteiger partial charge in [0.2, 0.25) is 0 Å². The average molecular weight is 268 g/mol. The van der Waals surface area contributed by atoms with Crippen LogP contribution in [0.3, 0.4) is 0 Å². The smallest absolute Gasteiger partial charge is 0.357 e. The van der Waals surface area contributed by atoms with Crippen LogP contribution in [0.1, 0.15) is 13.8 Å². The van der Waals surface area contributed by atoms with Crippen LogP contribution in [-0.2, 0) is 11.4 Å². The van der Waals surface area contributed by atoms with Crippen LogP contribution in [0.25, 0.3) is 0 Å². The van der Waals surface area contributed by atoms with Gasteiger partial charge in [0.1, 0.15) is 0 Å². The predicted octanol–water partition coefficient (Wildman–Crippen LogP) is 2.79. The van der Waals surface area contributed by atoms with E-state index >= 15 is 0 Å². The molecular weight excluding hydrogens is 258 g/mol. The summed E-state index contributed by atoms with van der Waals surface area (Å²) in [6.07, 6.45) is 0. The predicted molar refractivity (Wildman–Crippen MR) is 60.9 cm³/mol. The summed E-state index contributed by atoms with van der Waals surface area (Å²) in [5.74, 6) is -0.207. The lowest BCUT2D eigenvalue weighted by Crippen LogP contribution is -1.99. The summed E-state index contributed by atoms with van der Waals surface area (Å²) in [6.45, 7) is 4.00. The van der Waals surface area contributed by atoms with Crippen molar-refractivity contribution in [1.82, 2.24) is 0 Å². The first-order valence-corrected chi connectivity index (χ1v) is 5.65. The molecule has 1 unspecified atom stereocenters. The van der Waals surface area contributed by atoms with Gasteiger partial charge in [-0.15, -0.1) is 0 Å². The summed E-state index contributed by atoms with van der Waals surface area (Å²) in [6, 6.07) is 3.71. The molecule has 0 heterocycles. The molecule has 0 fully saturated rings. The Kier molecular flexibility index (Phi) is 6.63. The minimum atomic E-state index is -2.56. The number of benzene rings is 1. The Balaban J connectivity index is 0.00000106. The first kappa shape index (κ1) is 14.8. The van der Waals surface area contributed by atoms with Gasteiger partial charge in [0.15, 0.2) is 10.8 Å². The second-order valence-electron chi connectivity index (χ2n) is 2.15. The molecule has 90 valence electrons. The zero-order chi connectivity index (χ0) is 12.7. The second kappa shape index (κ2) is 7.15. The summed E-state index contributed by atoms with van der Waals surface area (Å²) in [5.41, 5.74) is -0.380. The van der Waals surface area contributed by atoms with Gasteiger partial charge in [-0.05, 0) is 6.07 Å². The monoisotopic (exact) mass is 267 g/mol. The fraction of sp³-hybridized carbons (Fsp3) is 0.250. The van der Waals surface area contributed by atoms with E-state index in [9.17, 15) is 14.3 Å². The van der Waals surface area contributed by atoms with Crippen molar-refractivity contribution in [2.75, 3.05) is 0 Å². The van der Waals surface area contributed by atoms with Crippen LogP contribution in [0, 0.1) is 10.1 Å². The standard InChI is InChI=1S/C6H4ClNO5S.C2H6/c7-6-4(8(9)10)2-1-3-5(6)13-14(11)12;1-2/h1-3H,(H,11,12);1-2H3. The van der Waals surface area contributed by atoms with Gasteiger partial charge >= 0.3 is 11.4 Å². The van der Waals surface area contributed by atoms with Gasteiger partial charge in [0.25, 0.3) is 5.69 Å². The van der Waals surface area contributed by atoms with Crippen LogP contribution < -0.4 is 4.18 Å². The van der Waals surface area contributed by atoms with E-state index in [4.69, 9.17) is 16.2 Å². The van der Waals surface area contributed by atoms with Crippen molar-refractivity contribution < 1.29 is 17.9 Å². The Morgan fingerprint density at radius 3 is 2.50 bits per heavy atom. The molecule has 16 heavy (non-hydrogen) atoms. The van der Waals surface area contributed by atoms with E-state index in [0.29, 0.717) is 0 Å². The summed E-state index contributed by atoms with van der Waals surface area (Å²) < 4.78 is 23.0. The molecule has 1 rings (SSSR count). The van der Waals surface area contributed by atoms with Crippen LogP contribution >= 0.6 is 11.6 Å². The van der Waals surface area contributed by atoms with Gasteiger partial charge in [-0.1, -0.05) is 31.5 Å². The van der Waals surface area contributed by atoms with Crippen LogP contribution in [0.5, 0.6) is 5.75 Å². The first-order valence-electron chi connectivity index (χ1n) is 4.24. The van der Waals surface area contributed by atoms with Crippen molar-refractivity contribution in [3.63, 3.8) is 0 Å². The minimum absolute atomic E-state index is 0.207. The highest BCUT2D eigenvalue weighted by molar-refractivity contribution is 7.74. The third kappa shape index (κ3) is 4.13. The van der Waals surface area contributed by atoms with Crippen molar-refractivity contribution in [1.29, 1.82) is 0 Å². The molecule has 1 aromatic carbocycles. The lowest BCUT2D eigenvalue weighted by atomic mass is 10.3. The van der Waals surface area contributed by atoms with Crippen molar-refractivity contribution in [3.8, 4) is 5.75 Å². The highest BCUT2D eigenvalue weighted by Gasteiger charge is 2.17. The number of hydrogen-bond donors (Lipinski definition) is 1. The molecule has 1 aromatic rings. The van der Waals surface area contributed by atoms with E-state index in [2.05, 4.69) is 4.18 Å². The molecule has 0 spiro atoms. The van der Waals surface area contributed by atoms with E-state index in [1.165, 1.54) is 12.1 Å². The van der Waals surface area contributed by atoms with Gasteiger partial charge in [-0.2, -0.15) is 4.21 Å². The lowest BCUT2D eigenvalue weighted by Gasteiger charge is -2.01. The number of nitro benzene ring substituents is 1. The van der Waals surface area contributed by atoms with Crippen molar-refractivity contribution >= 4 is 28.6 Å². The lowest BCUT2D eigenvalue weighted by molar-refractivity contribution is -0.384. The molecule has 0 bridgehead atoms. The van der Waals surface area contributed by atoms with Gasteiger partial charge in [-0.3, -0.25) is 14.7 Å². The largest absolute Gasteiger partial charge is 0.378 e. The Hall–Kier alpha value is -1.18. The molecule has 0 aliphatic rings. The van der Waals surface area contributed by atoms with Crippen LogP contribution in [0.2, 0.25) is 5.02 Å². The normalized spacial score (nSPS) is 11.0. The second-order valence-corrected chi connectivity index (χ2v) is 3.13. The fourth-order valence-electron chi connectivity index (χ4n) is 0.781. The van der Waals surface area contributed by atoms with E-state index in [-0.39, 0.29) is 16.5 Å². The third-order valence-electron chi connectivity index (χ3n) is 1.30. The van der Waals surface area contributed by atoms with Gasteiger partial charge in [0, 0.05) is 6.07 Å². The zero-order valence-corrected chi connectivity index (χ0v) is 10.1. The molecule has 0 aliphatic heterocycles. The van der Waals surface area contributed by atoms with Crippen molar-refractivity contribution in [3.05, 3.63) is 33.3 Å². The Bertz CT molecular complexity index is 398. The molecule has 1 atom stereocenters. The highest BCUT2D eigenvalue weighted by atomic mass is 35.5. The number of nitrogens with zero attached hydrogens (tertiary/aromatic N) is 1. The number of nitro groups is 1. The molecular formula is C8H10ClNO5S. The number of halogens is 1. The molecule has 0 saturated heterocycles. The Morgan fingerprint density at radius 2 is 2.06 bits per heavy atom. The topological polar surface area (TPSA) is 89.7 Å². The van der Waals surface area contributed by atoms with Crippen LogP contribution in [0.15, 0.2) is 18.2 Å². The molecule has 8 heteroatoms. The van der Waals surface area contributed by atoms with Crippen molar-refractivity contribution in [2.45, 2.75) is 13.8 Å². The average Bonchev–Trinajstić information content (AvgIpc) is 2.23. The number of rotatable bonds is 3. The SMILES string of the molecule is CC.O=[N+]([O-])c1cccc(OS(=O)O)c1Cl. The Labute approximate surface area is 99.8 Å². The maximum Gasteiger partial charge on any atom is 0.357 e. The number of hydrogen-bond acceptors (Lipinski definition) is 4. The molecule has 0 radical (unpaired) electrons. The quantitative estimate of drug-likeness (QED) is 0.517. The van der Waals surface area contributed by atoms with Crippen molar-refractivity contribution in [2.24, 2.45) is 0 Å². The first-order chi connectivity index (χ1) is 7.52. The van der Waals surface area contributed by atoms with E-state index in [0.717, 1.165) is 6.07 Å². The van der Waals surface area contributed by atoms with Gasteiger partial charge in [-0.25, -0.2) is 0 Å². The maximum absolute atomic E-state index is 10.4. The summed E-state index contributed by atoms with van der Waals surface area (Å²) >= 11 is 2.98. The molecule has 0 aliphatic carbocycles. The molecule has 0 aromatic heterocycles. The maximum atomic E-state index is 10.4. The molecule has 0 saturated carbocycles. The minimum Gasteiger partial charge on any atom is -0.378 e.